The Morgan fingerprint density at radius 3 is 2.62 bits per heavy atom. The molecule has 0 aliphatic rings. The zero-order chi connectivity index (χ0) is 12.1. The second kappa shape index (κ2) is 5.58. The van der Waals surface area contributed by atoms with Crippen LogP contribution in [-0.2, 0) is 7.05 Å². The number of anilines is 1. The first-order valence-electron chi connectivity index (χ1n) is 5.81. The molecule has 0 unspecified atom stereocenters. The van der Waals surface area contributed by atoms with Crippen LogP contribution in [-0.4, -0.2) is 28.5 Å². The van der Waals surface area contributed by atoms with E-state index in [1.807, 2.05) is 18.9 Å². The maximum absolute atomic E-state index is 12.2. The average molecular weight is 223 g/mol. The maximum atomic E-state index is 12.2. The summed E-state index contributed by atoms with van der Waals surface area (Å²) in [7, 11) is 1.84. The molecule has 0 spiro atoms. The van der Waals surface area contributed by atoms with Gasteiger partial charge in [0.15, 0.2) is 0 Å². The number of nitrogen functional groups attached to an aromatic ring is 1. The summed E-state index contributed by atoms with van der Waals surface area (Å²) in [4.78, 5) is 14.0. The minimum atomic E-state index is 0.0650. The smallest absolute Gasteiger partial charge is 0.270 e. The van der Waals surface area contributed by atoms with Gasteiger partial charge in [-0.2, -0.15) is 0 Å². The number of hydrogen-bond donors (Lipinski definition) is 1. The minimum Gasteiger partial charge on any atom is -0.397 e. The Labute approximate surface area is 97.0 Å². The van der Waals surface area contributed by atoms with Crippen LogP contribution in [0, 0.1) is 0 Å². The Kier molecular flexibility index (Phi) is 4.40. The van der Waals surface area contributed by atoms with Gasteiger partial charge in [-0.3, -0.25) is 4.79 Å². The number of nitrogens with two attached hydrogens (primary N) is 1. The SMILES string of the molecule is CCCCN(CC)C(=O)c1cc(N)cn1C. The van der Waals surface area contributed by atoms with E-state index < -0.39 is 0 Å². The molecular formula is C12H21N3O. The van der Waals surface area contributed by atoms with Crippen LogP contribution >= 0.6 is 0 Å². The fourth-order valence-electron chi connectivity index (χ4n) is 1.72. The zero-order valence-electron chi connectivity index (χ0n) is 10.4. The molecule has 1 heterocycles. The van der Waals surface area contributed by atoms with E-state index in [2.05, 4.69) is 6.92 Å². The highest BCUT2D eigenvalue weighted by Crippen LogP contribution is 2.12. The van der Waals surface area contributed by atoms with Gasteiger partial charge in [-0.05, 0) is 19.4 Å². The summed E-state index contributed by atoms with van der Waals surface area (Å²) in [6, 6.07) is 1.73. The van der Waals surface area contributed by atoms with E-state index >= 15 is 0 Å². The van der Waals surface area contributed by atoms with Crippen LogP contribution in [0.3, 0.4) is 0 Å². The van der Waals surface area contributed by atoms with Crippen molar-refractivity contribution in [1.82, 2.24) is 9.47 Å². The third-order valence-corrected chi connectivity index (χ3v) is 2.70. The highest BCUT2D eigenvalue weighted by atomic mass is 16.2. The van der Waals surface area contributed by atoms with Crippen molar-refractivity contribution in [2.45, 2.75) is 26.7 Å². The summed E-state index contributed by atoms with van der Waals surface area (Å²) >= 11 is 0. The number of aryl methyl sites for hydroxylation is 1. The number of rotatable bonds is 5. The molecule has 0 aliphatic carbocycles. The highest BCUT2D eigenvalue weighted by Gasteiger charge is 2.16. The first-order chi connectivity index (χ1) is 7.60. The van der Waals surface area contributed by atoms with E-state index in [4.69, 9.17) is 5.73 Å². The lowest BCUT2D eigenvalue weighted by molar-refractivity contribution is 0.0753. The van der Waals surface area contributed by atoms with E-state index in [0.717, 1.165) is 25.9 Å². The minimum absolute atomic E-state index is 0.0650. The molecule has 0 saturated carbocycles. The summed E-state index contributed by atoms with van der Waals surface area (Å²) in [5, 5.41) is 0. The van der Waals surface area contributed by atoms with E-state index in [1.165, 1.54) is 0 Å². The second-order valence-electron chi connectivity index (χ2n) is 4.01. The molecule has 0 fully saturated rings. The molecule has 0 aliphatic heterocycles. The molecule has 1 rings (SSSR count). The number of unbranched alkanes of at least 4 members (excludes halogenated alkanes) is 1. The van der Waals surface area contributed by atoms with Crippen molar-refractivity contribution in [2.24, 2.45) is 7.05 Å². The number of aromatic nitrogens is 1. The molecule has 0 aromatic carbocycles. The van der Waals surface area contributed by atoms with Crippen LogP contribution in [0.25, 0.3) is 0 Å². The first kappa shape index (κ1) is 12.6. The molecule has 0 bridgehead atoms. The molecule has 2 N–H and O–H groups in total. The summed E-state index contributed by atoms with van der Waals surface area (Å²) in [5.74, 6) is 0.0650. The van der Waals surface area contributed by atoms with Gasteiger partial charge in [-0.1, -0.05) is 13.3 Å². The molecule has 90 valence electrons. The lowest BCUT2D eigenvalue weighted by Gasteiger charge is -2.20. The fourth-order valence-corrected chi connectivity index (χ4v) is 1.72. The van der Waals surface area contributed by atoms with Gasteiger partial charge in [0.2, 0.25) is 0 Å². The maximum Gasteiger partial charge on any atom is 0.270 e. The average Bonchev–Trinajstić information content (AvgIpc) is 2.58. The van der Waals surface area contributed by atoms with Crippen LogP contribution in [0.1, 0.15) is 37.2 Å². The molecule has 0 saturated heterocycles. The monoisotopic (exact) mass is 223 g/mol. The summed E-state index contributed by atoms with van der Waals surface area (Å²) in [6.07, 6.45) is 3.90. The molecule has 4 nitrogen and oxygen atoms in total. The van der Waals surface area contributed by atoms with E-state index in [9.17, 15) is 4.79 Å². The molecule has 4 heteroatoms. The summed E-state index contributed by atoms with van der Waals surface area (Å²) in [5.41, 5.74) is 6.97. The van der Waals surface area contributed by atoms with Crippen molar-refractivity contribution >= 4 is 11.6 Å². The van der Waals surface area contributed by atoms with Gasteiger partial charge in [0, 0.05) is 26.3 Å². The topological polar surface area (TPSA) is 51.3 Å². The van der Waals surface area contributed by atoms with Crippen LogP contribution in [0.15, 0.2) is 12.3 Å². The number of amides is 1. The third-order valence-electron chi connectivity index (χ3n) is 2.70. The lowest BCUT2D eigenvalue weighted by atomic mass is 10.3. The van der Waals surface area contributed by atoms with Crippen molar-refractivity contribution in [3.63, 3.8) is 0 Å². The van der Waals surface area contributed by atoms with Crippen LogP contribution in [0.4, 0.5) is 5.69 Å². The normalized spacial score (nSPS) is 10.4. The van der Waals surface area contributed by atoms with Gasteiger partial charge in [-0.25, -0.2) is 0 Å². The second-order valence-corrected chi connectivity index (χ2v) is 4.01. The summed E-state index contributed by atoms with van der Waals surface area (Å²) in [6.45, 7) is 5.68. The fraction of sp³-hybridized carbons (Fsp3) is 0.583. The molecule has 1 aromatic rings. The van der Waals surface area contributed by atoms with Crippen molar-refractivity contribution in [1.29, 1.82) is 0 Å². The predicted molar refractivity (Wildman–Crippen MR) is 66.3 cm³/mol. The Hall–Kier alpha value is -1.45. The molecule has 1 amide bonds. The Morgan fingerprint density at radius 2 is 2.19 bits per heavy atom. The molecule has 16 heavy (non-hydrogen) atoms. The lowest BCUT2D eigenvalue weighted by Crippen LogP contribution is -2.32. The number of carbonyl (C=O) groups excluding carboxylic acids is 1. The molecule has 0 radical (unpaired) electrons. The third kappa shape index (κ3) is 2.78. The number of hydrogen-bond acceptors (Lipinski definition) is 2. The highest BCUT2D eigenvalue weighted by molar-refractivity contribution is 5.93. The largest absolute Gasteiger partial charge is 0.397 e. The van der Waals surface area contributed by atoms with Crippen LogP contribution in [0.2, 0.25) is 0 Å². The first-order valence-corrected chi connectivity index (χ1v) is 5.81. The zero-order valence-corrected chi connectivity index (χ0v) is 10.4. The molecule has 0 atom stereocenters. The quantitative estimate of drug-likeness (QED) is 0.828. The van der Waals surface area contributed by atoms with Crippen molar-refractivity contribution in [3.8, 4) is 0 Å². The number of nitrogens with zero attached hydrogens (tertiary/aromatic N) is 2. The van der Waals surface area contributed by atoms with Gasteiger partial charge in [0.1, 0.15) is 5.69 Å². The Bertz CT molecular complexity index is 357. The van der Waals surface area contributed by atoms with Gasteiger partial charge in [-0.15, -0.1) is 0 Å². The summed E-state index contributed by atoms with van der Waals surface area (Å²) < 4.78 is 1.78. The Balaban J connectivity index is 2.78. The molecule has 1 aromatic heterocycles. The predicted octanol–water partition coefficient (Wildman–Crippen LogP) is 1.87. The van der Waals surface area contributed by atoms with Crippen LogP contribution < -0.4 is 5.73 Å². The molecular weight excluding hydrogens is 202 g/mol. The van der Waals surface area contributed by atoms with Gasteiger partial charge in [0.25, 0.3) is 5.91 Å². The Morgan fingerprint density at radius 1 is 1.50 bits per heavy atom. The van der Waals surface area contributed by atoms with Crippen molar-refractivity contribution in [3.05, 3.63) is 18.0 Å². The van der Waals surface area contributed by atoms with Gasteiger partial charge < -0.3 is 15.2 Å². The number of carbonyl (C=O) groups is 1. The van der Waals surface area contributed by atoms with Crippen molar-refractivity contribution < 1.29 is 4.79 Å². The van der Waals surface area contributed by atoms with Gasteiger partial charge >= 0.3 is 0 Å². The van der Waals surface area contributed by atoms with Crippen molar-refractivity contribution in [2.75, 3.05) is 18.8 Å². The van der Waals surface area contributed by atoms with Crippen LogP contribution in [0.5, 0.6) is 0 Å². The standard InChI is InChI=1S/C12H21N3O/c1-4-6-7-15(5-2)12(16)11-8-10(13)9-14(11)3/h8-9H,4-7,13H2,1-3H3. The van der Waals surface area contributed by atoms with E-state index in [-0.39, 0.29) is 5.91 Å². The van der Waals surface area contributed by atoms with Gasteiger partial charge in [0.05, 0.1) is 5.69 Å². The van der Waals surface area contributed by atoms with E-state index in [0.29, 0.717) is 11.4 Å². The van der Waals surface area contributed by atoms with E-state index in [1.54, 1.807) is 16.8 Å².